The third-order valence-electron chi connectivity index (χ3n) is 3.82. The van der Waals surface area contributed by atoms with Crippen LogP contribution in [0.5, 0.6) is 0 Å². The fourth-order valence-corrected chi connectivity index (χ4v) is 2.55. The molecule has 7 heteroatoms. The molecule has 7 nitrogen and oxygen atoms in total. The molecule has 2 rings (SSSR count). The second-order valence-electron chi connectivity index (χ2n) is 5.42. The number of hydrogen-bond acceptors (Lipinski definition) is 6. The quantitative estimate of drug-likeness (QED) is 0.249. The number of nitro groups is 1. The van der Waals surface area contributed by atoms with Gasteiger partial charge in [-0.2, -0.15) is 5.26 Å². The molecule has 0 fully saturated rings. The maximum absolute atomic E-state index is 12.8. The number of nitriles is 1. The number of nitro benzene ring substituents is 1. The molecule has 2 aromatic carbocycles. The summed E-state index contributed by atoms with van der Waals surface area (Å²) in [4.78, 5) is 35.5. The van der Waals surface area contributed by atoms with E-state index in [4.69, 9.17) is 4.74 Å². The number of ether oxygens (including phenoxy) is 1. The van der Waals surface area contributed by atoms with E-state index in [1.165, 1.54) is 24.3 Å². The van der Waals surface area contributed by atoms with E-state index in [0.29, 0.717) is 5.56 Å². The van der Waals surface area contributed by atoms with Crippen LogP contribution in [0, 0.1) is 27.4 Å². The molecule has 0 aliphatic carbocycles. The lowest BCUT2D eigenvalue weighted by molar-refractivity contribution is -0.384. The van der Waals surface area contributed by atoms with Gasteiger partial charge in [0.2, 0.25) is 0 Å². The molecule has 26 heavy (non-hydrogen) atoms. The van der Waals surface area contributed by atoms with Crippen molar-refractivity contribution in [3.05, 3.63) is 75.8 Å². The van der Waals surface area contributed by atoms with Crippen molar-refractivity contribution in [3.8, 4) is 6.07 Å². The third-order valence-corrected chi connectivity index (χ3v) is 3.82. The Morgan fingerprint density at radius 2 is 1.77 bits per heavy atom. The number of non-ortho nitro benzene ring substituents is 1. The molecule has 0 amide bonds. The van der Waals surface area contributed by atoms with Gasteiger partial charge in [-0.25, -0.2) is 0 Å². The molecule has 0 aliphatic rings. The van der Waals surface area contributed by atoms with E-state index in [-0.39, 0.29) is 17.9 Å². The van der Waals surface area contributed by atoms with Crippen LogP contribution in [0.25, 0.3) is 0 Å². The Morgan fingerprint density at radius 1 is 1.15 bits per heavy atom. The summed E-state index contributed by atoms with van der Waals surface area (Å²) in [6, 6.07) is 15.3. The number of nitrogens with zero attached hydrogens (tertiary/aromatic N) is 2. The first-order valence-electron chi connectivity index (χ1n) is 7.89. The zero-order chi connectivity index (χ0) is 19.1. The normalized spacial score (nSPS) is 12.5. The Balaban J connectivity index is 2.44. The molecule has 0 aliphatic heterocycles. The summed E-state index contributed by atoms with van der Waals surface area (Å²) in [5.41, 5.74) is 0.473. The van der Waals surface area contributed by atoms with E-state index in [2.05, 4.69) is 0 Å². The van der Waals surface area contributed by atoms with Crippen molar-refractivity contribution in [2.24, 2.45) is 5.92 Å². The standard InChI is InChI=1S/C19H16N2O5/c1-2-26-19(23)17(18(22)14-6-4-3-5-7-14)16(12-20)13-8-10-15(11-9-13)21(24)25/h3-11,16-17H,2H2,1H3. The van der Waals surface area contributed by atoms with Crippen LogP contribution < -0.4 is 0 Å². The maximum Gasteiger partial charge on any atom is 0.318 e. The van der Waals surface area contributed by atoms with Gasteiger partial charge in [0.15, 0.2) is 5.78 Å². The predicted octanol–water partition coefficient (Wildman–Crippen LogP) is 3.26. The SMILES string of the molecule is CCOC(=O)C(C(=O)c1ccccc1)C(C#N)c1ccc([N+](=O)[O-])cc1. The average molecular weight is 352 g/mol. The number of rotatable bonds is 7. The van der Waals surface area contributed by atoms with E-state index in [9.17, 15) is 25.0 Å². The molecular formula is C19H16N2O5. The zero-order valence-electron chi connectivity index (χ0n) is 14.0. The largest absolute Gasteiger partial charge is 0.465 e. The molecule has 0 radical (unpaired) electrons. The van der Waals surface area contributed by atoms with Crippen LogP contribution in [0.3, 0.4) is 0 Å². The second-order valence-corrected chi connectivity index (χ2v) is 5.42. The molecule has 2 aromatic rings. The van der Waals surface area contributed by atoms with Crippen LogP contribution in [0.15, 0.2) is 54.6 Å². The van der Waals surface area contributed by atoms with Gasteiger partial charge >= 0.3 is 5.97 Å². The highest BCUT2D eigenvalue weighted by molar-refractivity contribution is 6.09. The summed E-state index contributed by atoms with van der Waals surface area (Å²) in [6.45, 7) is 1.67. The van der Waals surface area contributed by atoms with Crippen LogP contribution >= 0.6 is 0 Å². The molecule has 0 N–H and O–H groups in total. The number of esters is 1. The minimum absolute atomic E-state index is 0.0653. The molecular weight excluding hydrogens is 336 g/mol. The predicted molar refractivity (Wildman–Crippen MR) is 92.3 cm³/mol. The van der Waals surface area contributed by atoms with Crippen molar-refractivity contribution in [1.82, 2.24) is 0 Å². The third kappa shape index (κ3) is 4.11. The van der Waals surface area contributed by atoms with Crippen LogP contribution in [0.1, 0.15) is 28.8 Å². The number of carbonyl (C=O) groups excluding carboxylic acids is 2. The van der Waals surface area contributed by atoms with Gasteiger partial charge in [0, 0.05) is 17.7 Å². The van der Waals surface area contributed by atoms with Gasteiger partial charge in [-0.05, 0) is 12.5 Å². The molecule has 132 valence electrons. The van der Waals surface area contributed by atoms with Crippen molar-refractivity contribution in [2.45, 2.75) is 12.8 Å². The lowest BCUT2D eigenvalue weighted by Crippen LogP contribution is -2.31. The van der Waals surface area contributed by atoms with E-state index in [1.807, 2.05) is 6.07 Å². The van der Waals surface area contributed by atoms with Crippen molar-refractivity contribution < 1.29 is 19.2 Å². The topological polar surface area (TPSA) is 110 Å². The van der Waals surface area contributed by atoms with Crippen molar-refractivity contribution in [3.63, 3.8) is 0 Å². The van der Waals surface area contributed by atoms with E-state index in [0.717, 1.165) is 0 Å². The fraction of sp³-hybridized carbons (Fsp3) is 0.211. The molecule has 0 spiro atoms. The van der Waals surface area contributed by atoms with Crippen LogP contribution in [-0.4, -0.2) is 23.3 Å². The first-order valence-corrected chi connectivity index (χ1v) is 7.89. The van der Waals surface area contributed by atoms with Crippen molar-refractivity contribution in [2.75, 3.05) is 6.61 Å². The summed E-state index contributed by atoms with van der Waals surface area (Å²) in [5.74, 6) is -3.81. The highest BCUT2D eigenvalue weighted by Crippen LogP contribution is 2.30. The summed E-state index contributed by atoms with van der Waals surface area (Å²) >= 11 is 0. The van der Waals surface area contributed by atoms with Crippen LogP contribution in [0.2, 0.25) is 0 Å². The molecule has 2 atom stereocenters. The Morgan fingerprint density at radius 3 is 2.27 bits per heavy atom. The first-order chi connectivity index (χ1) is 12.5. The molecule has 0 aromatic heterocycles. The Labute approximate surface area is 150 Å². The molecule has 0 heterocycles. The maximum atomic E-state index is 12.8. The van der Waals surface area contributed by atoms with Gasteiger partial charge < -0.3 is 4.74 Å². The van der Waals surface area contributed by atoms with Crippen LogP contribution in [0.4, 0.5) is 5.69 Å². The summed E-state index contributed by atoms with van der Waals surface area (Å²) in [6.07, 6.45) is 0. The zero-order valence-corrected chi connectivity index (χ0v) is 14.0. The molecule has 0 bridgehead atoms. The lowest BCUT2D eigenvalue weighted by atomic mass is 9.82. The average Bonchev–Trinajstić information content (AvgIpc) is 2.66. The number of benzene rings is 2. The van der Waals surface area contributed by atoms with Crippen LogP contribution in [-0.2, 0) is 9.53 Å². The number of hydrogen-bond donors (Lipinski definition) is 0. The van der Waals surface area contributed by atoms with Gasteiger partial charge in [0.1, 0.15) is 5.92 Å². The lowest BCUT2D eigenvalue weighted by Gasteiger charge is -2.19. The summed E-state index contributed by atoms with van der Waals surface area (Å²) < 4.78 is 4.99. The summed E-state index contributed by atoms with van der Waals surface area (Å²) in [7, 11) is 0. The van der Waals surface area contributed by atoms with E-state index < -0.39 is 28.5 Å². The van der Waals surface area contributed by atoms with Gasteiger partial charge in [0.05, 0.1) is 23.5 Å². The van der Waals surface area contributed by atoms with Crippen molar-refractivity contribution in [1.29, 1.82) is 5.26 Å². The highest BCUT2D eigenvalue weighted by atomic mass is 16.6. The molecule has 0 saturated heterocycles. The van der Waals surface area contributed by atoms with E-state index in [1.54, 1.807) is 37.3 Å². The number of carbonyl (C=O) groups is 2. The minimum atomic E-state index is -1.36. The minimum Gasteiger partial charge on any atom is -0.465 e. The molecule has 2 unspecified atom stereocenters. The first kappa shape index (κ1) is 18.8. The van der Waals surface area contributed by atoms with Gasteiger partial charge in [-0.3, -0.25) is 19.7 Å². The highest BCUT2D eigenvalue weighted by Gasteiger charge is 2.38. The number of ketones is 1. The monoisotopic (exact) mass is 352 g/mol. The summed E-state index contributed by atoms with van der Waals surface area (Å²) in [5, 5.41) is 20.4. The Kier molecular flexibility index (Phi) is 6.17. The van der Waals surface area contributed by atoms with Gasteiger partial charge in [0.25, 0.3) is 5.69 Å². The molecule has 0 saturated carbocycles. The second kappa shape index (κ2) is 8.53. The Hall–Kier alpha value is -3.53. The smallest absolute Gasteiger partial charge is 0.318 e. The van der Waals surface area contributed by atoms with Gasteiger partial charge in [-0.15, -0.1) is 0 Å². The van der Waals surface area contributed by atoms with Crippen molar-refractivity contribution >= 4 is 17.4 Å². The van der Waals surface area contributed by atoms with Gasteiger partial charge in [-0.1, -0.05) is 42.5 Å². The fourth-order valence-electron chi connectivity index (χ4n) is 2.55. The number of Topliss-reactive ketones (excluding diaryl/α,β-unsaturated/α-hetero) is 1. The van der Waals surface area contributed by atoms with E-state index >= 15 is 0 Å². The Bertz CT molecular complexity index is 840.